The van der Waals surface area contributed by atoms with Gasteiger partial charge in [-0.2, -0.15) is 0 Å². The van der Waals surface area contributed by atoms with Crippen molar-refractivity contribution >= 4 is 11.9 Å². The molecule has 1 N–H and O–H groups in total. The molecule has 0 spiro atoms. The summed E-state index contributed by atoms with van der Waals surface area (Å²) in [6, 6.07) is 6.00. The maximum Gasteiger partial charge on any atom is 0.329 e. The third-order valence-electron chi connectivity index (χ3n) is 6.80. The van der Waals surface area contributed by atoms with Crippen molar-refractivity contribution in [3.8, 4) is 17.0 Å². The van der Waals surface area contributed by atoms with Crippen molar-refractivity contribution < 1.29 is 24.2 Å². The summed E-state index contributed by atoms with van der Waals surface area (Å²) < 4.78 is 12.9. The largest absolute Gasteiger partial charge is 0.507 e. The molecule has 36 heavy (non-hydrogen) atoms. The minimum absolute atomic E-state index is 0.0979. The molecule has 2 aromatic rings. The van der Waals surface area contributed by atoms with Crippen molar-refractivity contribution in [1.82, 2.24) is 9.55 Å². The molecule has 0 radical (unpaired) electrons. The van der Waals surface area contributed by atoms with E-state index < -0.39 is 18.0 Å². The number of hydrogen-bond donors (Lipinski definition) is 1. The smallest absolute Gasteiger partial charge is 0.329 e. The van der Waals surface area contributed by atoms with E-state index in [0.717, 1.165) is 51.4 Å². The number of aromatic hydroxyl groups is 1. The molecule has 1 aromatic heterocycles. The van der Waals surface area contributed by atoms with Gasteiger partial charge in [0.05, 0.1) is 31.7 Å². The van der Waals surface area contributed by atoms with Crippen molar-refractivity contribution in [1.29, 1.82) is 0 Å². The highest BCUT2D eigenvalue weighted by Crippen LogP contribution is 2.28. The molecule has 0 aliphatic carbocycles. The summed E-state index contributed by atoms with van der Waals surface area (Å²) in [5, 5.41) is 10.2. The van der Waals surface area contributed by atoms with E-state index in [0.29, 0.717) is 36.3 Å². The van der Waals surface area contributed by atoms with E-state index in [9.17, 15) is 14.7 Å². The van der Waals surface area contributed by atoms with E-state index in [4.69, 9.17) is 9.47 Å². The lowest BCUT2D eigenvalue weighted by Gasteiger charge is -2.20. The standard InChI is InChI=1S/C29H44N2O5/c1-5-9-13-22(7-3)19-35-28(33)17-26(29(34)36-20-23(8-4)14-10-6-2)31-18-25(30-21-31)24-15-11-12-16-27(24)32/h11-12,15-16,18,21-23,26,32H,5-10,13-14,17,19-20H2,1-4H3. The maximum absolute atomic E-state index is 13.2. The second kappa shape index (κ2) is 16.0. The van der Waals surface area contributed by atoms with E-state index in [1.807, 2.05) is 0 Å². The lowest BCUT2D eigenvalue weighted by molar-refractivity contribution is -0.156. The molecule has 0 saturated heterocycles. The van der Waals surface area contributed by atoms with Crippen LogP contribution in [0.3, 0.4) is 0 Å². The fraction of sp³-hybridized carbons (Fsp3) is 0.621. The molecule has 0 aliphatic rings. The monoisotopic (exact) mass is 500 g/mol. The Labute approximate surface area is 216 Å². The minimum atomic E-state index is -0.885. The van der Waals surface area contributed by atoms with E-state index in [1.165, 1.54) is 6.33 Å². The zero-order valence-electron chi connectivity index (χ0n) is 22.4. The summed E-state index contributed by atoms with van der Waals surface area (Å²) in [4.78, 5) is 30.4. The molecule has 0 saturated carbocycles. The first kappa shape index (κ1) is 29.4. The number of phenolic OH excluding ortho intramolecular Hbond substituents is 1. The third-order valence-corrected chi connectivity index (χ3v) is 6.80. The van der Waals surface area contributed by atoms with Gasteiger partial charge in [-0.1, -0.05) is 78.4 Å². The van der Waals surface area contributed by atoms with E-state index in [2.05, 4.69) is 32.7 Å². The predicted octanol–water partition coefficient (Wildman–Crippen LogP) is 6.71. The molecule has 3 atom stereocenters. The van der Waals surface area contributed by atoms with Crippen molar-refractivity contribution in [3.05, 3.63) is 36.8 Å². The average molecular weight is 501 g/mol. The number of esters is 2. The molecule has 2 rings (SSSR count). The number of carbonyl (C=O) groups excluding carboxylic acids is 2. The number of hydrogen-bond acceptors (Lipinski definition) is 6. The van der Waals surface area contributed by atoms with Crippen LogP contribution in [0.5, 0.6) is 5.75 Å². The normalized spacial score (nSPS) is 13.7. The number of ether oxygens (including phenoxy) is 2. The Morgan fingerprint density at radius 3 is 2.14 bits per heavy atom. The van der Waals surface area contributed by atoms with Gasteiger partial charge in [0.15, 0.2) is 0 Å². The van der Waals surface area contributed by atoms with Gasteiger partial charge in [-0.25, -0.2) is 9.78 Å². The number of carbonyl (C=O) groups is 2. The lowest BCUT2D eigenvalue weighted by atomic mass is 10.0. The number of para-hydroxylation sites is 1. The van der Waals surface area contributed by atoms with Crippen LogP contribution < -0.4 is 0 Å². The van der Waals surface area contributed by atoms with Crippen LogP contribution in [0.15, 0.2) is 36.8 Å². The molecule has 0 aliphatic heterocycles. The van der Waals surface area contributed by atoms with Crippen LogP contribution in [0, 0.1) is 11.8 Å². The number of aromatic nitrogens is 2. The first-order chi connectivity index (χ1) is 17.4. The summed E-state index contributed by atoms with van der Waals surface area (Å²) in [7, 11) is 0. The molecule has 0 bridgehead atoms. The SMILES string of the molecule is CCCCC(CC)COC(=O)CC(C(=O)OCC(CC)CCCC)n1cnc(-c2ccccc2O)c1. The molecule has 0 fully saturated rings. The number of unbranched alkanes of at least 4 members (excludes halogenated alkanes) is 2. The Hall–Kier alpha value is -2.83. The number of imidazole rings is 1. The Bertz CT molecular complexity index is 926. The van der Waals surface area contributed by atoms with Gasteiger partial charge in [0.25, 0.3) is 0 Å². The molecule has 200 valence electrons. The molecular formula is C29H44N2O5. The van der Waals surface area contributed by atoms with Gasteiger partial charge < -0.3 is 19.1 Å². The zero-order valence-corrected chi connectivity index (χ0v) is 22.4. The third kappa shape index (κ3) is 9.32. The fourth-order valence-electron chi connectivity index (χ4n) is 4.17. The molecule has 1 aromatic carbocycles. The number of nitrogens with zero attached hydrogens (tertiary/aromatic N) is 2. The molecule has 3 unspecified atom stereocenters. The van der Waals surface area contributed by atoms with Gasteiger partial charge >= 0.3 is 11.9 Å². The lowest BCUT2D eigenvalue weighted by Crippen LogP contribution is -2.27. The Kier molecular flexibility index (Phi) is 13.1. The van der Waals surface area contributed by atoms with Crippen molar-refractivity contribution in [3.63, 3.8) is 0 Å². The second-order valence-corrected chi connectivity index (χ2v) is 9.59. The number of rotatable bonds is 17. The van der Waals surface area contributed by atoms with Gasteiger partial charge in [0, 0.05) is 11.8 Å². The van der Waals surface area contributed by atoms with Crippen LogP contribution in [0.2, 0.25) is 0 Å². The minimum Gasteiger partial charge on any atom is -0.507 e. The van der Waals surface area contributed by atoms with Crippen LogP contribution in [0.1, 0.15) is 91.5 Å². The Morgan fingerprint density at radius 1 is 0.944 bits per heavy atom. The van der Waals surface area contributed by atoms with E-state index in [1.54, 1.807) is 35.0 Å². The maximum atomic E-state index is 13.2. The van der Waals surface area contributed by atoms with Crippen LogP contribution in [-0.2, 0) is 19.1 Å². The van der Waals surface area contributed by atoms with Crippen LogP contribution in [0.4, 0.5) is 0 Å². The Balaban J connectivity index is 2.15. The highest BCUT2D eigenvalue weighted by Gasteiger charge is 2.28. The highest BCUT2D eigenvalue weighted by atomic mass is 16.5. The molecular weight excluding hydrogens is 456 g/mol. The first-order valence-electron chi connectivity index (χ1n) is 13.6. The number of benzene rings is 1. The fourth-order valence-corrected chi connectivity index (χ4v) is 4.17. The molecule has 1 heterocycles. The van der Waals surface area contributed by atoms with Crippen molar-refractivity contribution in [2.75, 3.05) is 13.2 Å². The molecule has 0 amide bonds. The van der Waals surface area contributed by atoms with Gasteiger partial charge in [-0.15, -0.1) is 0 Å². The van der Waals surface area contributed by atoms with Crippen LogP contribution >= 0.6 is 0 Å². The summed E-state index contributed by atoms with van der Waals surface area (Å²) in [5.41, 5.74) is 1.07. The summed E-state index contributed by atoms with van der Waals surface area (Å²) >= 11 is 0. The Morgan fingerprint density at radius 2 is 1.56 bits per heavy atom. The van der Waals surface area contributed by atoms with Crippen LogP contribution in [-0.4, -0.2) is 39.8 Å². The predicted molar refractivity (Wildman–Crippen MR) is 142 cm³/mol. The van der Waals surface area contributed by atoms with E-state index in [-0.39, 0.29) is 12.2 Å². The molecule has 7 heteroatoms. The van der Waals surface area contributed by atoms with Gasteiger partial charge in [0.1, 0.15) is 11.8 Å². The van der Waals surface area contributed by atoms with Gasteiger partial charge in [0.2, 0.25) is 0 Å². The second-order valence-electron chi connectivity index (χ2n) is 9.59. The van der Waals surface area contributed by atoms with Crippen LogP contribution in [0.25, 0.3) is 11.3 Å². The summed E-state index contributed by atoms with van der Waals surface area (Å²) in [6.45, 7) is 9.18. The van der Waals surface area contributed by atoms with Gasteiger partial charge in [-0.3, -0.25) is 4.79 Å². The van der Waals surface area contributed by atoms with Crippen molar-refractivity contribution in [2.24, 2.45) is 11.8 Å². The highest BCUT2D eigenvalue weighted by molar-refractivity contribution is 5.81. The van der Waals surface area contributed by atoms with Crippen molar-refractivity contribution in [2.45, 2.75) is 91.5 Å². The first-order valence-corrected chi connectivity index (χ1v) is 13.6. The van der Waals surface area contributed by atoms with Gasteiger partial charge in [-0.05, 0) is 36.8 Å². The van der Waals surface area contributed by atoms with E-state index >= 15 is 0 Å². The number of phenols is 1. The zero-order chi connectivity index (χ0) is 26.3. The summed E-state index contributed by atoms with van der Waals surface area (Å²) in [5.74, 6) is -0.182. The quantitative estimate of drug-likeness (QED) is 0.243. The topological polar surface area (TPSA) is 90.7 Å². The summed E-state index contributed by atoms with van der Waals surface area (Å²) in [6.07, 6.45) is 11.3. The average Bonchev–Trinajstić information content (AvgIpc) is 3.37. The molecule has 7 nitrogen and oxygen atoms in total.